The van der Waals surface area contributed by atoms with Crippen LogP contribution in [-0.4, -0.2) is 36.3 Å². The van der Waals surface area contributed by atoms with Crippen LogP contribution in [0.5, 0.6) is 11.5 Å². The molecule has 2 rings (SSSR count). The highest BCUT2D eigenvalue weighted by atomic mass is 16.5. The molecule has 1 unspecified atom stereocenters. The van der Waals surface area contributed by atoms with Gasteiger partial charge in [-0.1, -0.05) is 6.07 Å². The highest BCUT2D eigenvalue weighted by molar-refractivity contribution is 5.84. The molecule has 0 aliphatic heterocycles. The first kappa shape index (κ1) is 15.6. The van der Waals surface area contributed by atoms with Gasteiger partial charge in [0.1, 0.15) is 12.1 Å². The van der Waals surface area contributed by atoms with Gasteiger partial charge in [-0.05, 0) is 37.5 Å². The van der Waals surface area contributed by atoms with E-state index < -0.39 is 11.4 Å². The number of amides is 1. The molecule has 0 bridgehead atoms. The Kier molecular flexibility index (Phi) is 4.69. The van der Waals surface area contributed by atoms with Crippen LogP contribution in [0.4, 0.5) is 0 Å². The van der Waals surface area contributed by atoms with Gasteiger partial charge in [-0.15, -0.1) is 0 Å². The third kappa shape index (κ3) is 3.86. The largest absolute Gasteiger partial charge is 0.493 e. The van der Waals surface area contributed by atoms with Crippen LogP contribution < -0.4 is 20.5 Å². The minimum Gasteiger partial charge on any atom is -0.493 e. The highest BCUT2D eigenvalue weighted by Gasteiger charge is 2.38. The summed E-state index contributed by atoms with van der Waals surface area (Å²) in [6, 6.07) is 5.49. The number of hydrogen-bond donors (Lipinski definition) is 3. The van der Waals surface area contributed by atoms with E-state index in [9.17, 15) is 4.79 Å². The second-order valence-corrected chi connectivity index (χ2v) is 5.55. The summed E-state index contributed by atoms with van der Waals surface area (Å²) in [5, 5.41) is 12.3. The van der Waals surface area contributed by atoms with Gasteiger partial charge in [0.05, 0.1) is 13.7 Å². The molecule has 6 heteroatoms. The maximum atomic E-state index is 11.7. The number of methoxy groups -OCH3 is 1. The molecule has 21 heavy (non-hydrogen) atoms. The molecule has 1 aliphatic carbocycles. The fourth-order valence-corrected chi connectivity index (χ4v) is 2.01. The lowest BCUT2D eigenvalue weighted by Crippen LogP contribution is -2.57. The van der Waals surface area contributed by atoms with Crippen molar-refractivity contribution < 1.29 is 19.4 Å². The molecule has 1 aliphatic rings. The minimum atomic E-state index is -0.915. The van der Waals surface area contributed by atoms with E-state index in [1.54, 1.807) is 25.1 Å². The molecule has 1 aromatic rings. The number of aliphatic hydroxyl groups excluding tert-OH is 1. The monoisotopic (exact) mass is 294 g/mol. The fourth-order valence-electron chi connectivity index (χ4n) is 2.01. The molecular weight excluding hydrogens is 272 g/mol. The summed E-state index contributed by atoms with van der Waals surface area (Å²) in [6.07, 6.45) is 2.11. The van der Waals surface area contributed by atoms with Crippen LogP contribution in [0.2, 0.25) is 0 Å². The lowest BCUT2D eigenvalue weighted by Gasteiger charge is -2.28. The molecule has 1 amide bonds. The van der Waals surface area contributed by atoms with Crippen molar-refractivity contribution in [2.24, 2.45) is 5.73 Å². The van der Waals surface area contributed by atoms with E-state index in [1.807, 2.05) is 0 Å². The second-order valence-electron chi connectivity index (χ2n) is 5.55. The van der Waals surface area contributed by atoms with Crippen molar-refractivity contribution in [1.82, 2.24) is 5.32 Å². The van der Waals surface area contributed by atoms with Crippen LogP contribution in [0.3, 0.4) is 0 Å². The molecule has 1 atom stereocenters. The van der Waals surface area contributed by atoms with E-state index in [0.29, 0.717) is 17.5 Å². The van der Waals surface area contributed by atoms with Crippen molar-refractivity contribution in [3.05, 3.63) is 23.8 Å². The van der Waals surface area contributed by atoms with Crippen molar-refractivity contribution in [3.63, 3.8) is 0 Å². The standard InChI is InChI=1S/C15H22N2O4/c1-15(14(16)19,17-11-4-5-11)9-21-12-6-3-10(8-18)7-13(12)20-2/h3,6-7,11,17-18H,4-5,8-9H2,1-2H3,(H2,16,19). The number of benzene rings is 1. The van der Waals surface area contributed by atoms with E-state index in [4.69, 9.17) is 20.3 Å². The average molecular weight is 294 g/mol. The van der Waals surface area contributed by atoms with Gasteiger partial charge in [-0.25, -0.2) is 0 Å². The number of aliphatic hydroxyl groups is 1. The number of primary amides is 1. The average Bonchev–Trinajstić information content (AvgIpc) is 3.28. The predicted octanol–water partition coefficient (Wildman–Crippen LogP) is 0.562. The Bertz CT molecular complexity index is 516. The molecule has 116 valence electrons. The van der Waals surface area contributed by atoms with Crippen LogP contribution in [0.1, 0.15) is 25.3 Å². The predicted molar refractivity (Wildman–Crippen MR) is 78.2 cm³/mol. The van der Waals surface area contributed by atoms with Crippen LogP contribution in [0.15, 0.2) is 18.2 Å². The molecule has 1 fully saturated rings. The molecule has 0 radical (unpaired) electrons. The maximum absolute atomic E-state index is 11.7. The molecule has 0 spiro atoms. The van der Waals surface area contributed by atoms with E-state index in [2.05, 4.69) is 5.32 Å². The van der Waals surface area contributed by atoms with Crippen molar-refractivity contribution in [3.8, 4) is 11.5 Å². The van der Waals surface area contributed by atoms with Crippen molar-refractivity contribution >= 4 is 5.91 Å². The molecule has 0 saturated heterocycles. The van der Waals surface area contributed by atoms with Crippen molar-refractivity contribution in [2.45, 2.75) is 38.0 Å². The molecular formula is C15H22N2O4. The smallest absolute Gasteiger partial charge is 0.240 e. The molecule has 1 aromatic carbocycles. The van der Waals surface area contributed by atoms with Gasteiger partial charge >= 0.3 is 0 Å². The van der Waals surface area contributed by atoms with Crippen LogP contribution in [-0.2, 0) is 11.4 Å². The van der Waals surface area contributed by atoms with Gasteiger partial charge in [0.25, 0.3) is 0 Å². The Morgan fingerprint density at radius 2 is 2.19 bits per heavy atom. The lowest BCUT2D eigenvalue weighted by atomic mass is 10.0. The number of nitrogens with one attached hydrogen (secondary N) is 1. The Hall–Kier alpha value is -1.79. The molecule has 4 N–H and O–H groups in total. The van der Waals surface area contributed by atoms with Crippen molar-refractivity contribution in [2.75, 3.05) is 13.7 Å². The van der Waals surface area contributed by atoms with Crippen LogP contribution in [0, 0.1) is 0 Å². The van der Waals surface area contributed by atoms with Crippen molar-refractivity contribution in [1.29, 1.82) is 0 Å². The van der Waals surface area contributed by atoms with Gasteiger partial charge in [-0.3, -0.25) is 10.1 Å². The Morgan fingerprint density at radius 1 is 1.48 bits per heavy atom. The summed E-state index contributed by atoms with van der Waals surface area (Å²) in [7, 11) is 1.53. The van der Waals surface area contributed by atoms with Gasteiger partial charge in [0.2, 0.25) is 5.91 Å². The summed E-state index contributed by atoms with van der Waals surface area (Å²) in [5.74, 6) is 0.583. The first-order chi connectivity index (χ1) is 9.98. The third-order valence-electron chi connectivity index (χ3n) is 3.57. The van der Waals surface area contributed by atoms with Gasteiger partial charge in [-0.2, -0.15) is 0 Å². The van der Waals surface area contributed by atoms with Crippen LogP contribution in [0.25, 0.3) is 0 Å². The summed E-state index contributed by atoms with van der Waals surface area (Å²) >= 11 is 0. The normalized spacial score (nSPS) is 17.1. The number of carbonyl (C=O) groups is 1. The van der Waals surface area contributed by atoms with Crippen LogP contribution >= 0.6 is 0 Å². The molecule has 1 saturated carbocycles. The van der Waals surface area contributed by atoms with E-state index in [-0.39, 0.29) is 13.2 Å². The number of nitrogens with two attached hydrogens (primary N) is 1. The first-order valence-electron chi connectivity index (χ1n) is 6.96. The Balaban J connectivity index is 2.07. The summed E-state index contributed by atoms with van der Waals surface area (Å²) in [6.45, 7) is 1.79. The number of hydrogen-bond acceptors (Lipinski definition) is 5. The summed E-state index contributed by atoms with van der Waals surface area (Å²) in [4.78, 5) is 11.7. The number of rotatable bonds is 8. The molecule has 6 nitrogen and oxygen atoms in total. The van der Waals surface area contributed by atoms with Gasteiger partial charge in [0.15, 0.2) is 11.5 Å². The SMILES string of the molecule is COc1cc(CO)ccc1OCC(C)(NC1CC1)C(N)=O. The fraction of sp³-hybridized carbons (Fsp3) is 0.533. The number of carbonyl (C=O) groups excluding carboxylic acids is 1. The summed E-state index contributed by atoms with van der Waals surface area (Å²) in [5.41, 5.74) is 5.30. The number of ether oxygens (including phenoxy) is 2. The molecule has 0 heterocycles. The zero-order valence-corrected chi connectivity index (χ0v) is 12.4. The van der Waals surface area contributed by atoms with E-state index >= 15 is 0 Å². The quantitative estimate of drug-likeness (QED) is 0.651. The van der Waals surface area contributed by atoms with E-state index in [0.717, 1.165) is 18.4 Å². The second kappa shape index (κ2) is 6.32. The minimum absolute atomic E-state index is 0.0706. The molecule has 0 aromatic heterocycles. The Labute approximate surface area is 124 Å². The highest BCUT2D eigenvalue weighted by Crippen LogP contribution is 2.29. The lowest BCUT2D eigenvalue weighted by molar-refractivity contribution is -0.125. The zero-order valence-electron chi connectivity index (χ0n) is 12.4. The summed E-state index contributed by atoms with van der Waals surface area (Å²) < 4.78 is 10.9. The van der Waals surface area contributed by atoms with Gasteiger partial charge < -0.3 is 20.3 Å². The zero-order chi connectivity index (χ0) is 15.5. The maximum Gasteiger partial charge on any atom is 0.240 e. The van der Waals surface area contributed by atoms with E-state index in [1.165, 1.54) is 7.11 Å². The third-order valence-corrected chi connectivity index (χ3v) is 3.57. The Morgan fingerprint density at radius 3 is 2.71 bits per heavy atom. The first-order valence-corrected chi connectivity index (χ1v) is 6.96. The topological polar surface area (TPSA) is 93.8 Å². The van der Waals surface area contributed by atoms with Gasteiger partial charge in [0, 0.05) is 6.04 Å².